The van der Waals surface area contributed by atoms with Crippen LogP contribution in [0.15, 0.2) is 12.2 Å². The average molecular weight is 904 g/mol. The third kappa shape index (κ3) is 51.1. The number of hydrogen-bond donors (Lipinski definition) is 0. The number of unbranched alkanes of at least 4 members (excludes halogenated alkanes) is 40. The van der Waals surface area contributed by atoms with Gasteiger partial charge in [0.05, 0.1) is 0 Å². The van der Waals surface area contributed by atoms with Crippen LogP contribution in [0.3, 0.4) is 0 Å². The van der Waals surface area contributed by atoms with Gasteiger partial charge in [0.25, 0.3) is 0 Å². The molecule has 0 aliphatic rings. The fourth-order valence-electron chi connectivity index (χ4n) is 8.66. The van der Waals surface area contributed by atoms with Gasteiger partial charge in [-0.05, 0) is 38.5 Å². The third-order valence-electron chi connectivity index (χ3n) is 13.0. The minimum Gasteiger partial charge on any atom is -0.462 e. The molecule has 0 bridgehead atoms. The Morgan fingerprint density at radius 2 is 0.531 bits per heavy atom. The summed E-state index contributed by atoms with van der Waals surface area (Å²) in [4.78, 5) is 37.8. The molecule has 0 rings (SSSR count). The Kier molecular flexibility index (Phi) is 52.2. The number of rotatable bonds is 53. The zero-order chi connectivity index (χ0) is 46.5. The first-order valence-corrected chi connectivity index (χ1v) is 28.7. The molecule has 6 heteroatoms. The Labute approximate surface area is 399 Å². The molecule has 0 aliphatic carbocycles. The van der Waals surface area contributed by atoms with E-state index in [1.807, 2.05) is 0 Å². The summed E-state index contributed by atoms with van der Waals surface area (Å²) in [5.41, 5.74) is 0. The predicted molar refractivity (Wildman–Crippen MR) is 275 cm³/mol. The smallest absolute Gasteiger partial charge is 0.306 e. The van der Waals surface area contributed by atoms with Crippen molar-refractivity contribution in [3.63, 3.8) is 0 Å². The number of ether oxygens (including phenoxy) is 3. The van der Waals surface area contributed by atoms with E-state index in [1.54, 1.807) is 0 Å². The Hall–Kier alpha value is -1.85. The summed E-state index contributed by atoms with van der Waals surface area (Å²) >= 11 is 0. The van der Waals surface area contributed by atoms with Gasteiger partial charge in [-0.2, -0.15) is 0 Å². The van der Waals surface area contributed by atoms with Crippen LogP contribution in [0.25, 0.3) is 0 Å². The van der Waals surface area contributed by atoms with Crippen LogP contribution in [0.1, 0.15) is 323 Å². The molecule has 0 radical (unpaired) electrons. The lowest BCUT2D eigenvalue weighted by molar-refractivity contribution is -0.167. The van der Waals surface area contributed by atoms with Crippen molar-refractivity contribution in [1.29, 1.82) is 0 Å². The lowest BCUT2D eigenvalue weighted by Crippen LogP contribution is -2.30. The van der Waals surface area contributed by atoms with Crippen molar-refractivity contribution in [2.75, 3.05) is 13.2 Å². The highest BCUT2D eigenvalue weighted by Gasteiger charge is 2.19. The Balaban J connectivity index is 3.95. The van der Waals surface area contributed by atoms with E-state index in [0.717, 1.165) is 64.2 Å². The molecule has 64 heavy (non-hydrogen) atoms. The number of hydrogen-bond acceptors (Lipinski definition) is 6. The normalized spacial score (nSPS) is 12.0. The summed E-state index contributed by atoms with van der Waals surface area (Å²) in [5, 5.41) is 0. The molecule has 0 N–H and O–H groups in total. The maximum absolute atomic E-state index is 12.7. The van der Waals surface area contributed by atoms with Crippen molar-refractivity contribution in [1.82, 2.24) is 0 Å². The van der Waals surface area contributed by atoms with Gasteiger partial charge in [-0.3, -0.25) is 14.4 Å². The SMILES string of the molecule is CCCC/C=C\CCCCCCCC(=O)OC(COC(=O)CCCCCCCCC)COC(=O)CCCCCCCCCCCCCCCCCCCCCCCCCCCCCC. The van der Waals surface area contributed by atoms with Crippen LogP contribution >= 0.6 is 0 Å². The van der Waals surface area contributed by atoms with Gasteiger partial charge in [-0.25, -0.2) is 0 Å². The largest absolute Gasteiger partial charge is 0.462 e. The molecule has 0 heterocycles. The fraction of sp³-hybridized carbons (Fsp3) is 0.914. The Morgan fingerprint density at radius 3 is 0.828 bits per heavy atom. The van der Waals surface area contributed by atoms with Crippen molar-refractivity contribution < 1.29 is 28.6 Å². The van der Waals surface area contributed by atoms with E-state index in [2.05, 4.69) is 32.9 Å². The van der Waals surface area contributed by atoms with E-state index in [0.29, 0.717) is 19.3 Å². The molecule has 1 atom stereocenters. The Bertz CT molecular complexity index is 993. The highest BCUT2D eigenvalue weighted by Crippen LogP contribution is 2.17. The van der Waals surface area contributed by atoms with Crippen molar-refractivity contribution in [2.24, 2.45) is 0 Å². The zero-order valence-electron chi connectivity index (χ0n) is 43.3. The molecule has 0 fully saturated rings. The lowest BCUT2D eigenvalue weighted by Gasteiger charge is -2.18. The maximum Gasteiger partial charge on any atom is 0.306 e. The summed E-state index contributed by atoms with van der Waals surface area (Å²) in [6.45, 7) is 6.59. The van der Waals surface area contributed by atoms with Crippen LogP contribution in [-0.2, 0) is 28.6 Å². The van der Waals surface area contributed by atoms with Crippen LogP contribution in [0.5, 0.6) is 0 Å². The van der Waals surface area contributed by atoms with Crippen molar-refractivity contribution in [3.05, 3.63) is 12.2 Å². The minimum absolute atomic E-state index is 0.0689. The second-order valence-corrected chi connectivity index (χ2v) is 19.6. The molecule has 0 saturated carbocycles. The quantitative estimate of drug-likeness (QED) is 0.0262. The minimum atomic E-state index is -0.766. The molecule has 0 saturated heterocycles. The van der Waals surface area contributed by atoms with E-state index >= 15 is 0 Å². The standard InChI is InChI=1S/C58H110O6/c1-4-7-10-13-16-18-20-21-22-23-24-25-26-27-28-29-30-31-32-33-34-35-36-38-39-42-45-48-51-57(60)63-54-55(53-62-56(59)50-47-44-41-15-12-9-6-3)64-58(61)52-49-46-43-40-37-19-17-14-11-8-5-2/h14,17,55H,4-13,15-16,18-54H2,1-3H3/b17-14-. The van der Waals surface area contributed by atoms with Gasteiger partial charge in [-0.15, -0.1) is 0 Å². The van der Waals surface area contributed by atoms with E-state index in [9.17, 15) is 14.4 Å². The molecule has 0 aliphatic heterocycles. The van der Waals surface area contributed by atoms with Gasteiger partial charge in [0, 0.05) is 19.3 Å². The van der Waals surface area contributed by atoms with Gasteiger partial charge in [0.1, 0.15) is 13.2 Å². The summed E-state index contributed by atoms with van der Waals surface area (Å²) in [7, 11) is 0. The van der Waals surface area contributed by atoms with Gasteiger partial charge >= 0.3 is 17.9 Å². The topological polar surface area (TPSA) is 78.9 Å². The van der Waals surface area contributed by atoms with Crippen LogP contribution in [-0.4, -0.2) is 37.2 Å². The summed E-state index contributed by atoms with van der Waals surface area (Å²) in [6, 6.07) is 0. The Morgan fingerprint density at radius 1 is 0.297 bits per heavy atom. The molecule has 0 aromatic carbocycles. The van der Waals surface area contributed by atoms with Gasteiger partial charge < -0.3 is 14.2 Å². The first-order chi connectivity index (χ1) is 31.5. The number of allylic oxidation sites excluding steroid dienone is 2. The zero-order valence-corrected chi connectivity index (χ0v) is 43.3. The van der Waals surface area contributed by atoms with Crippen LogP contribution in [0.2, 0.25) is 0 Å². The van der Waals surface area contributed by atoms with Gasteiger partial charge in [0.15, 0.2) is 6.10 Å². The maximum atomic E-state index is 12.7. The molecule has 1 unspecified atom stereocenters. The molecule has 378 valence electrons. The van der Waals surface area contributed by atoms with Crippen LogP contribution in [0.4, 0.5) is 0 Å². The molecule has 0 amide bonds. The molecular weight excluding hydrogens is 793 g/mol. The highest BCUT2D eigenvalue weighted by atomic mass is 16.6. The third-order valence-corrected chi connectivity index (χ3v) is 13.0. The van der Waals surface area contributed by atoms with E-state index in [-0.39, 0.29) is 31.1 Å². The summed E-state index contributed by atoms with van der Waals surface area (Å²) in [5.74, 6) is -0.869. The summed E-state index contributed by atoms with van der Waals surface area (Å²) in [6.07, 6.45) is 61.1. The molecule has 6 nitrogen and oxygen atoms in total. The number of esters is 3. The number of carbonyl (C=O) groups is 3. The second kappa shape index (κ2) is 53.8. The second-order valence-electron chi connectivity index (χ2n) is 19.6. The predicted octanol–water partition coefficient (Wildman–Crippen LogP) is 18.9. The first-order valence-electron chi connectivity index (χ1n) is 28.7. The highest BCUT2D eigenvalue weighted by molar-refractivity contribution is 5.71. The van der Waals surface area contributed by atoms with E-state index in [4.69, 9.17) is 14.2 Å². The monoisotopic (exact) mass is 903 g/mol. The van der Waals surface area contributed by atoms with E-state index < -0.39 is 6.10 Å². The summed E-state index contributed by atoms with van der Waals surface area (Å²) < 4.78 is 16.7. The molecule has 0 aromatic heterocycles. The van der Waals surface area contributed by atoms with Gasteiger partial charge in [0.2, 0.25) is 0 Å². The van der Waals surface area contributed by atoms with Crippen LogP contribution in [0, 0.1) is 0 Å². The molecular formula is C58H110O6. The molecule has 0 spiro atoms. The van der Waals surface area contributed by atoms with Gasteiger partial charge in [-0.1, -0.05) is 277 Å². The van der Waals surface area contributed by atoms with Crippen molar-refractivity contribution >= 4 is 17.9 Å². The van der Waals surface area contributed by atoms with E-state index in [1.165, 1.54) is 218 Å². The first kappa shape index (κ1) is 62.1. The average Bonchev–Trinajstić information content (AvgIpc) is 3.29. The van der Waals surface area contributed by atoms with Crippen molar-refractivity contribution in [2.45, 2.75) is 329 Å². The van der Waals surface area contributed by atoms with Crippen LogP contribution < -0.4 is 0 Å². The fourth-order valence-corrected chi connectivity index (χ4v) is 8.66. The molecule has 0 aromatic rings. The van der Waals surface area contributed by atoms with Crippen molar-refractivity contribution in [3.8, 4) is 0 Å². The number of carbonyl (C=O) groups excluding carboxylic acids is 3. The lowest BCUT2D eigenvalue weighted by atomic mass is 10.0.